The summed E-state index contributed by atoms with van der Waals surface area (Å²) in [6.45, 7) is 2.26. The molecule has 0 amide bonds. The van der Waals surface area contributed by atoms with Gasteiger partial charge >= 0.3 is 0 Å². The molecule has 0 aromatic carbocycles. The summed E-state index contributed by atoms with van der Waals surface area (Å²) in [6, 6.07) is 4.28. The van der Waals surface area contributed by atoms with E-state index in [4.69, 9.17) is 4.98 Å². The van der Waals surface area contributed by atoms with E-state index in [-0.39, 0.29) is 0 Å². The molecule has 0 aliphatic heterocycles. The predicted molar refractivity (Wildman–Crippen MR) is 98.2 cm³/mol. The molecule has 0 spiro atoms. The molecule has 0 saturated heterocycles. The smallest absolute Gasteiger partial charge is 0.0832 e. The number of pyridine rings is 1. The maximum absolute atomic E-state index is 4.79. The molecule has 0 aliphatic rings. The third kappa shape index (κ3) is 2.96. The Morgan fingerprint density at radius 3 is 2.10 bits per heavy atom. The Morgan fingerprint density at radius 2 is 1.55 bits per heavy atom. The number of unbranched alkanes of at least 4 members (excludes halogenated alkanes) is 3. The van der Waals surface area contributed by atoms with Gasteiger partial charge in [-0.3, -0.25) is 0 Å². The predicted octanol–water partition coefficient (Wildman–Crippen LogP) is 7.16. The number of hydrogen-bond acceptors (Lipinski definition) is 3. The lowest BCUT2D eigenvalue weighted by molar-refractivity contribution is 0.670. The average Bonchev–Trinajstić information content (AvgIpc) is 2.94. The van der Waals surface area contributed by atoms with E-state index in [2.05, 4.69) is 50.9 Å². The number of nitrogens with zero attached hydrogens (tertiary/aromatic N) is 1. The molecule has 0 fully saturated rings. The van der Waals surface area contributed by atoms with E-state index in [9.17, 15) is 0 Å². The van der Waals surface area contributed by atoms with Gasteiger partial charge in [0, 0.05) is 0 Å². The molecule has 3 aromatic heterocycles. The Kier molecular flexibility index (Phi) is 4.80. The van der Waals surface area contributed by atoms with Gasteiger partial charge in [-0.2, -0.15) is 0 Å². The van der Waals surface area contributed by atoms with Crippen LogP contribution in [-0.2, 0) is 6.42 Å². The second-order valence-corrected chi connectivity index (χ2v) is 9.79. The SMILES string of the molecule is CCCCCCc1c2sc(Br)cc2nc2cc(Br)sc12. The maximum atomic E-state index is 4.79. The van der Waals surface area contributed by atoms with E-state index in [0.29, 0.717) is 0 Å². The second-order valence-electron chi connectivity index (χ2n) is 4.93. The van der Waals surface area contributed by atoms with Crippen LogP contribution in [0.25, 0.3) is 20.4 Å². The molecule has 3 heterocycles. The molecule has 20 heavy (non-hydrogen) atoms. The Balaban J connectivity index is 2.06. The summed E-state index contributed by atoms with van der Waals surface area (Å²) < 4.78 is 5.06. The zero-order chi connectivity index (χ0) is 14.1. The topological polar surface area (TPSA) is 12.9 Å². The normalized spacial score (nSPS) is 11.8. The van der Waals surface area contributed by atoms with Crippen molar-refractivity contribution in [3.63, 3.8) is 0 Å². The number of halogens is 2. The first kappa shape index (κ1) is 14.9. The highest BCUT2D eigenvalue weighted by molar-refractivity contribution is 9.11. The minimum atomic E-state index is 1.13. The van der Waals surface area contributed by atoms with Gasteiger partial charge in [0.25, 0.3) is 0 Å². The number of thiophene rings is 2. The molecule has 0 saturated carbocycles. The van der Waals surface area contributed by atoms with E-state index < -0.39 is 0 Å². The number of aryl methyl sites for hydroxylation is 1. The van der Waals surface area contributed by atoms with Gasteiger partial charge in [-0.1, -0.05) is 26.2 Å². The van der Waals surface area contributed by atoms with E-state index in [1.807, 2.05) is 22.7 Å². The van der Waals surface area contributed by atoms with Crippen LogP contribution in [0.15, 0.2) is 19.7 Å². The van der Waals surface area contributed by atoms with Crippen molar-refractivity contribution in [2.45, 2.75) is 39.0 Å². The van der Waals surface area contributed by atoms with Crippen LogP contribution in [0.4, 0.5) is 0 Å². The fourth-order valence-corrected chi connectivity index (χ4v) is 5.77. The molecule has 1 nitrogen and oxygen atoms in total. The van der Waals surface area contributed by atoms with E-state index in [0.717, 1.165) is 17.5 Å². The molecule has 3 rings (SSSR count). The Labute approximate surface area is 143 Å². The minimum Gasteiger partial charge on any atom is -0.246 e. The first-order chi connectivity index (χ1) is 9.69. The standard InChI is InChI=1S/C15H15Br2NS2/c1-2-3-4-5-6-9-14-10(7-12(16)19-14)18-11-8-13(17)20-15(9)11/h7-8H,2-6H2,1H3. The fraction of sp³-hybridized carbons (Fsp3) is 0.400. The summed E-state index contributed by atoms with van der Waals surface area (Å²) in [6.07, 6.45) is 6.37. The van der Waals surface area contributed by atoms with E-state index in [1.54, 1.807) is 0 Å². The molecule has 0 aliphatic carbocycles. The average molecular weight is 433 g/mol. The first-order valence-corrected chi connectivity index (χ1v) is 10.1. The summed E-state index contributed by atoms with van der Waals surface area (Å²) in [5.41, 5.74) is 3.75. The highest BCUT2D eigenvalue weighted by Gasteiger charge is 2.14. The fourth-order valence-electron chi connectivity index (χ4n) is 2.49. The molecule has 0 unspecified atom stereocenters. The summed E-state index contributed by atoms with van der Waals surface area (Å²) in [4.78, 5) is 4.79. The minimum absolute atomic E-state index is 1.13. The summed E-state index contributed by atoms with van der Waals surface area (Å²) >= 11 is 10.8. The third-order valence-electron chi connectivity index (χ3n) is 3.43. The summed E-state index contributed by atoms with van der Waals surface area (Å²) in [7, 11) is 0. The van der Waals surface area contributed by atoms with Gasteiger partial charge in [-0.05, 0) is 62.4 Å². The Bertz CT molecular complexity index is 690. The zero-order valence-corrected chi connectivity index (χ0v) is 16.0. The van der Waals surface area contributed by atoms with Gasteiger partial charge in [0.2, 0.25) is 0 Å². The summed E-state index contributed by atoms with van der Waals surface area (Å²) in [5.74, 6) is 0. The van der Waals surface area contributed by atoms with Crippen molar-refractivity contribution in [2.75, 3.05) is 0 Å². The number of rotatable bonds is 5. The van der Waals surface area contributed by atoms with Gasteiger partial charge in [-0.25, -0.2) is 4.98 Å². The Morgan fingerprint density at radius 1 is 0.950 bits per heavy atom. The van der Waals surface area contributed by atoms with E-state index in [1.165, 1.54) is 48.2 Å². The first-order valence-electron chi connectivity index (χ1n) is 6.86. The molecule has 5 heteroatoms. The van der Waals surface area contributed by atoms with Crippen molar-refractivity contribution in [1.29, 1.82) is 0 Å². The monoisotopic (exact) mass is 431 g/mol. The lowest BCUT2D eigenvalue weighted by Crippen LogP contribution is -1.89. The van der Waals surface area contributed by atoms with Gasteiger partial charge in [0.15, 0.2) is 0 Å². The lowest BCUT2D eigenvalue weighted by atomic mass is 10.1. The zero-order valence-electron chi connectivity index (χ0n) is 11.2. The summed E-state index contributed by atoms with van der Waals surface area (Å²) in [5, 5.41) is 0. The van der Waals surface area contributed by atoms with E-state index >= 15 is 0 Å². The van der Waals surface area contributed by atoms with Crippen LogP contribution < -0.4 is 0 Å². The van der Waals surface area contributed by atoms with Gasteiger partial charge in [-0.15, -0.1) is 22.7 Å². The highest BCUT2D eigenvalue weighted by atomic mass is 79.9. The van der Waals surface area contributed by atoms with Crippen LogP contribution in [0.5, 0.6) is 0 Å². The maximum Gasteiger partial charge on any atom is 0.0832 e. The highest BCUT2D eigenvalue weighted by Crippen LogP contribution is 2.40. The number of aromatic nitrogens is 1. The quantitative estimate of drug-likeness (QED) is 0.389. The van der Waals surface area contributed by atoms with Crippen LogP contribution in [0, 0.1) is 0 Å². The van der Waals surface area contributed by atoms with Gasteiger partial charge in [0.05, 0.1) is 28.0 Å². The largest absolute Gasteiger partial charge is 0.246 e. The number of hydrogen-bond donors (Lipinski definition) is 0. The second kappa shape index (κ2) is 6.42. The van der Waals surface area contributed by atoms with Crippen LogP contribution in [0.2, 0.25) is 0 Å². The van der Waals surface area contributed by atoms with Crippen molar-refractivity contribution in [3.05, 3.63) is 25.3 Å². The van der Waals surface area contributed by atoms with Crippen molar-refractivity contribution < 1.29 is 0 Å². The van der Waals surface area contributed by atoms with Crippen LogP contribution in [-0.4, -0.2) is 4.98 Å². The van der Waals surface area contributed by atoms with Crippen molar-refractivity contribution in [1.82, 2.24) is 4.98 Å². The molecule has 0 bridgehead atoms. The van der Waals surface area contributed by atoms with Gasteiger partial charge in [0.1, 0.15) is 0 Å². The van der Waals surface area contributed by atoms with Crippen LogP contribution >= 0.6 is 54.5 Å². The van der Waals surface area contributed by atoms with Gasteiger partial charge < -0.3 is 0 Å². The third-order valence-corrected chi connectivity index (χ3v) is 6.81. The Hall–Kier alpha value is 0.0300. The van der Waals surface area contributed by atoms with Crippen molar-refractivity contribution >= 4 is 75.0 Å². The molecule has 0 atom stereocenters. The molecular weight excluding hydrogens is 418 g/mol. The molecule has 0 radical (unpaired) electrons. The van der Waals surface area contributed by atoms with Crippen molar-refractivity contribution in [3.8, 4) is 0 Å². The molecule has 0 N–H and O–H groups in total. The molecular formula is C15H15Br2NS2. The number of fused-ring (bicyclic) bond motifs is 2. The lowest BCUT2D eigenvalue weighted by Gasteiger charge is -2.05. The van der Waals surface area contributed by atoms with Crippen molar-refractivity contribution in [2.24, 2.45) is 0 Å². The molecule has 106 valence electrons. The molecule has 3 aromatic rings. The van der Waals surface area contributed by atoms with Crippen LogP contribution in [0.1, 0.15) is 38.2 Å². The van der Waals surface area contributed by atoms with Crippen LogP contribution in [0.3, 0.4) is 0 Å².